The van der Waals surface area contributed by atoms with Gasteiger partial charge in [-0.15, -0.1) is 0 Å². The van der Waals surface area contributed by atoms with Crippen molar-refractivity contribution in [1.29, 1.82) is 0 Å². The molecular weight excluding hydrogens is 522 g/mol. The van der Waals surface area contributed by atoms with Gasteiger partial charge in [0.2, 0.25) is 10.0 Å². The normalized spacial score (nSPS) is 14.3. The van der Waals surface area contributed by atoms with Crippen LogP contribution in [0.25, 0.3) is 39.1 Å². The number of hydrogen-bond donors (Lipinski definition) is 1. The molecule has 2 aromatic carbocycles. The second kappa shape index (κ2) is 9.88. The molecule has 1 aliphatic rings. The Kier molecular flexibility index (Phi) is 6.38. The average Bonchev–Trinajstić information content (AvgIpc) is 3.68. The van der Waals surface area contributed by atoms with Crippen LogP contribution in [0.3, 0.4) is 0 Å². The fourth-order valence-corrected chi connectivity index (χ4v) is 5.66. The highest BCUT2D eigenvalue weighted by atomic mass is 32.2. The number of pyridine rings is 1. The highest BCUT2D eigenvalue weighted by Gasteiger charge is 2.19. The zero-order valence-corrected chi connectivity index (χ0v) is 22.0. The fourth-order valence-electron chi connectivity index (χ4n) is 5.04. The molecule has 39 heavy (non-hydrogen) atoms. The minimum Gasteiger partial charge on any atom is -0.283 e. The molecule has 1 fully saturated rings. The van der Waals surface area contributed by atoms with Gasteiger partial charge in [-0.25, -0.2) is 27.2 Å². The number of fused-ring (bicyclic) bond motifs is 1. The smallest absolute Gasteiger partial charge is 0.232 e. The monoisotopic (exact) mass is 548 g/mol. The standard InChI is InChI=1S/C28H26F2N6O2S/c1-2-39(37,38)34-22-9-18(25-8-7-21(29)12-26(25)30)10-24(13-22)35-17-32-27-11-19(14-31-28(27)35)20-15-33-36(16-20)23-5-3-4-6-23/h7-17,23,34H,2-6H2,1H3. The molecule has 8 nitrogen and oxygen atoms in total. The van der Waals surface area contributed by atoms with Crippen molar-refractivity contribution in [2.24, 2.45) is 0 Å². The number of aromatic nitrogens is 5. The van der Waals surface area contributed by atoms with Crippen LogP contribution in [0.2, 0.25) is 0 Å². The van der Waals surface area contributed by atoms with E-state index >= 15 is 0 Å². The average molecular weight is 549 g/mol. The van der Waals surface area contributed by atoms with Crippen LogP contribution >= 0.6 is 0 Å². The van der Waals surface area contributed by atoms with Crippen LogP contribution in [-0.4, -0.2) is 38.5 Å². The number of hydrogen-bond acceptors (Lipinski definition) is 5. The van der Waals surface area contributed by atoms with Gasteiger partial charge in [-0.1, -0.05) is 12.8 Å². The molecule has 0 spiro atoms. The second-order valence-corrected chi connectivity index (χ2v) is 11.7. The van der Waals surface area contributed by atoms with Gasteiger partial charge in [0, 0.05) is 35.2 Å². The molecule has 0 saturated heterocycles. The number of nitrogens with zero attached hydrogens (tertiary/aromatic N) is 5. The number of nitrogens with one attached hydrogen (secondary N) is 1. The van der Waals surface area contributed by atoms with Crippen LogP contribution in [-0.2, 0) is 10.0 Å². The molecule has 1 N–H and O–H groups in total. The molecule has 0 amide bonds. The zero-order valence-electron chi connectivity index (χ0n) is 21.2. The molecule has 5 aromatic rings. The molecule has 1 saturated carbocycles. The van der Waals surface area contributed by atoms with Gasteiger partial charge in [0.15, 0.2) is 5.65 Å². The first kappa shape index (κ1) is 25.2. The molecule has 6 rings (SSSR count). The maximum Gasteiger partial charge on any atom is 0.232 e. The van der Waals surface area contributed by atoms with Gasteiger partial charge in [-0.05, 0) is 61.7 Å². The Hall–Kier alpha value is -4.12. The van der Waals surface area contributed by atoms with Crippen LogP contribution in [0.15, 0.2) is 67.4 Å². The van der Waals surface area contributed by atoms with Gasteiger partial charge in [-0.3, -0.25) is 14.0 Å². The highest BCUT2D eigenvalue weighted by molar-refractivity contribution is 7.92. The number of rotatable bonds is 7. The maximum absolute atomic E-state index is 14.7. The molecule has 0 unspecified atom stereocenters. The third kappa shape index (κ3) is 5.01. The lowest BCUT2D eigenvalue weighted by molar-refractivity contribution is 0.467. The van der Waals surface area contributed by atoms with E-state index in [1.807, 2.05) is 23.1 Å². The summed E-state index contributed by atoms with van der Waals surface area (Å²) >= 11 is 0. The van der Waals surface area contributed by atoms with E-state index in [1.165, 1.54) is 31.9 Å². The Morgan fingerprint density at radius 1 is 0.974 bits per heavy atom. The summed E-state index contributed by atoms with van der Waals surface area (Å²) in [5, 5.41) is 4.56. The Morgan fingerprint density at radius 3 is 2.56 bits per heavy atom. The van der Waals surface area contributed by atoms with Crippen molar-refractivity contribution in [2.75, 3.05) is 10.5 Å². The van der Waals surface area contributed by atoms with Crippen LogP contribution in [0, 0.1) is 11.6 Å². The van der Waals surface area contributed by atoms with Gasteiger partial charge in [0.25, 0.3) is 0 Å². The van der Waals surface area contributed by atoms with E-state index < -0.39 is 21.7 Å². The van der Waals surface area contributed by atoms with Crippen molar-refractivity contribution in [1.82, 2.24) is 24.3 Å². The third-order valence-electron chi connectivity index (χ3n) is 7.11. The van der Waals surface area contributed by atoms with Crippen molar-refractivity contribution in [3.05, 3.63) is 79.0 Å². The lowest BCUT2D eigenvalue weighted by Crippen LogP contribution is -2.15. The van der Waals surface area contributed by atoms with Gasteiger partial charge >= 0.3 is 0 Å². The zero-order chi connectivity index (χ0) is 27.1. The van der Waals surface area contributed by atoms with Crippen LogP contribution in [0.5, 0.6) is 0 Å². The molecule has 3 aromatic heterocycles. The summed E-state index contributed by atoms with van der Waals surface area (Å²) in [6.07, 6.45) is 11.9. The molecule has 200 valence electrons. The Balaban J connectivity index is 1.41. The third-order valence-corrected chi connectivity index (χ3v) is 8.42. The van der Waals surface area contributed by atoms with E-state index in [0.29, 0.717) is 28.5 Å². The highest BCUT2D eigenvalue weighted by Crippen LogP contribution is 2.33. The summed E-state index contributed by atoms with van der Waals surface area (Å²) in [5.41, 5.74) is 4.28. The first-order chi connectivity index (χ1) is 18.8. The SMILES string of the molecule is CCS(=O)(=O)Nc1cc(-c2ccc(F)cc2F)cc(-n2cnc3cc(-c4cnn(C5CCCC5)c4)cnc32)c1. The molecule has 11 heteroatoms. The first-order valence-electron chi connectivity index (χ1n) is 12.8. The van der Waals surface area contributed by atoms with Gasteiger partial charge in [0.1, 0.15) is 23.5 Å². The lowest BCUT2D eigenvalue weighted by atomic mass is 10.0. The molecule has 3 heterocycles. The summed E-state index contributed by atoms with van der Waals surface area (Å²) in [6.45, 7) is 1.52. The van der Waals surface area contributed by atoms with Crippen molar-refractivity contribution < 1.29 is 17.2 Å². The second-order valence-electron chi connectivity index (χ2n) is 9.73. The minimum atomic E-state index is -3.61. The molecule has 0 aliphatic heterocycles. The van der Waals surface area contributed by atoms with Gasteiger partial charge in [-0.2, -0.15) is 5.10 Å². The predicted molar refractivity (Wildman–Crippen MR) is 146 cm³/mol. The van der Waals surface area contributed by atoms with Crippen molar-refractivity contribution in [2.45, 2.75) is 38.6 Å². The predicted octanol–water partition coefficient (Wildman–Crippen LogP) is 6.11. The van der Waals surface area contributed by atoms with Gasteiger partial charge in [0.05, 0.1) is 29.4 Å². The van der Waals surface area contributed by atoms with E-state index in [1.54, 1.807) is 29.2 Å². The van der Waals surface area contributed by atoms with E-state index in [0.717, 1.165) is 36.1 Å². The molecule has 0 radical (unpaired) electrons. The van der Waals surface area contributed by atoms with Crippen LogP contribution in [0.4, 0.5) is 14.5 Å². The molecule has 0 atom stereocenters. The fraction of sp³-hybridized carbons (Fsp3) is 0.250. The van der Waals surface area contributed by atoms with Crippen LogP contribution < -0.4 is 4.72 Å². The maximum atomic E-state index is 14.7. The first-order valence-corrected chi connectivity index (χ1v) is 14.4. The van der Waals surface area contributed by atoms with Crippen molar-refractivity contribution in [3.63, 3.8) is 0 Å². The lowest BCUT2D eigenvalue weighted by Gasteiger charge is -2.13. The van der Waals surface area contributed by atoms with E-state index in [-0.39, 0.29) is 17.0 Å². The van der Waals surface area contributed by atoms with E-state index in [2.05, 4.69) is 19.8 Å². The van der Waals surface area contributed by atoms with Crippen molar-refractivity contribution in [3.8, 4) is 27.9 Å². The number of imidazole rings is 1. The molecular formula is C28H26F2N6O2S. The number of benzene rings is 2. The largest absolute Gasteiger partial charge is 0.283 e. The summed E-state index contributed by atoms with van der Waals surface area (Å²) < 4.78 is 59.2. The summed E-state index contributed by atoms with van der Waals surface area (Å²) in [7, 11) is -3.61. The number of anilines is 1. The molecule has 1 aliphatic carbocycles. The Bertz CT molecular complexity index is 1790. The van der Waals surface area contributed by atoms with Gasteiger partial charge < -0.3 is 0 Å². The Labute approximate surface area is 224 Å². The Morgan fingerprint density at radius 2 is 1.79 bits per heavy atom. The topological polar surface area (TPSA) is 94.7 Å². The van der Waals surface area contributed by atoms with E-state index in [9.17, 15) is 17.2 Å². The minimum absolute atomic E-state index is 0.132. The summed E-state index contributed by atoms with van der Waals surface area (Å²) in [5.74, 6) is -1.59. The quantitative estimate of drug-likeness (QED) is 0.265. The summed E-state index contributed by atoms with van der Waals surface area (Å²) in [6, 6.07) is 10.5. The number of halogens is 2. The summed E-state index contributed by atoms with van der Waals surface area (Å²) in [4.78, 5) is 9.18. The van der Waals surface area contributed by atoms with Crippen molar-refractivity contribution >= 4 is 26.9 Å². The van der Waals surface area contributed by atoms with Crippen LogP contribution in [0.1, 0.15) is 38.6 Å². The van der Waals surface area contributed by atoms with E-state index in [4.69, 9.17) is 0 Å². The molecule has 0 bridgehead atoms. The number of sulfonamides is 1.